The summed E-state index contributed by atoms with van der Waals surface area (Å²) in [4.78, 5) is 7.88. The Hall–Kier alpha value is -1.33. The van der Waals surface area contributed by atoms with Crippen molar-refractivity contribution < 1.29 is 9.47 Å². The molecule has 1 aromatic heterocycles. The van der Waals surface area contributed by atoms with Gasteiger partial charge in [0.15, 0.2) is 16.7 Å². The van der Waals surface area contributed by atoms with E-state index in [1.807, 2.05) is 31.2 Å². The van der Waals surface area contributed by atoms with Crippen molar-refractivity contribution in [3.8, 4) is 17.4 Å². The molecule has 19 heavy (non-hydrogen) atoms. The lowest BCUT2D eigenvalue weighted by Gasteiger charge is -2.12. The van der Waals surface area contributed by atoms with E-state index >= 15 is 0 Å². The average molecular weight is 344 g/mol. The zero-order chi connectivity index (χ0) is 13.7. The topological polar surface area (TPSA) is 44.2 Å². The molecule has 0 aliphatic heterocycles. The number of rotatable bonds is 5. The van der Waals surface area contributed by atoms with Crippen LogP contribution in [0, 0.1) is 0 Å². The molecular weight excluding hydrogens is 332 g/mol. The Morgan fingerprint density at radius 1 is 1.21 bits per heavy atom. The van der Waals surface area contributed by atoms with Crippen LogP contribution in [-0.4, -0.2) is 16.6 Å². The maximum atomic E-state index is 5.89. The number of aromatic nitrogens is 2. The van der Waals surface area contributed by atoms with Gasteiger partial charge in [-0.3, -0.25) is 0 Å². The van der Waals surface area contributed by atoms with Crippen molar-refractivity contribution in [3.05, 3.63) is 40.2 Å². The van der Waals surface area contributed by atoms with Crippen molar-refractivity contribution in [1.29, 1.82) is 0 Å². The third-order valence-corrected chi connectivity index (χ3v) is 3.46. The summed E-state index contributed by atoms with van der Waals surface area (Å²) in [6, 6.07) is 7.42. The van der Waals surface area contributed by atoms with Crippen LogP contribution in [0.2, 0.25) is 5.15 Å². The molecule has 0 atom stereocenters. The Bertz CT molecular complexity index is 566. The van der Waals surface area contributed by atoms with Gasteiger partial charge in [0.25, 0.3) is 0 Å². The molecule has 6 heteroatoms. The van der Waals surface area contributed by atoms with Gasteiger partial charge in [0.1, 0.15) is 10.8 Å². The average Bonchev–Trinajstić information content (AvgIpc) is 2.43. The summed E-state index contributed by atoms with van der Waals surface area (Å²) in [7, 11) is 0. The van der Waals surface area contributed by atoms with Gasteiger partial charge in [0.2, 0.25) is 5.88 Å². The summed E-state index contributed by atoms with van der Waals surface area (Å²) in [6.45, 7) is 2.68. The van der Waals surface area contributed by atoms with Crippen molar-refractivity contribution in [3.63, 3.8) is 0 Å². The monoisotopic (exact) mass is 342 g/mol. The number of halogens is 2. The minimum absolute atomic E-state index is 0.303. The van der Waals surface area contributed by atoms with Gasteiger partial charge in [-0.1, -0.05) is 30.7 Å². The molecule has 0 radical (unpaired) electrons. The van der Waals surface area contributed by atoms with Crippen LogP contribution in [0.25, 0.3) is 0 Å². The summed E-state index contributed by atoms with van der Waals surface area (Å²) in [5, 5.41) is 0.303. The van der Waals surface area contributed by atoms with Crippen LogP contribution in [0.3, 0.4) is 0 Å². The molecule has 0 aliphatic carbocycles. The summed E-state index contributed by atoms with van der Waals surface area (Å²) in [5.74, 6) is 1.62. The molecule has 0 saturated heterocycles. The fourth-order valence-corrected chi connectivity index (χ4v) is 1.78. The maximum Gasteiger partial charge on any atom is 0.238 e. The predicted molar refractivity (Wildman–Crippen MR) is 77.0 cm³/mol. The number of hydrogen-bond acceptors (Lipinski definition) is 4. The first-order valence-corrected chi connectivity index (χ1v) is 6.95. The van der Waals surface area contributed by atoms with E-state index < -0.39 is 0 Å². The highest BCUT2D eigenvalue weighted by molar-refractivity contribution is 9.10. The molecule has 0 aliphatic rings. The van der Waals surface area contributed by atoms with Crippen LogP contribution in [0.15, 0.2) is 35.1 Å². The van der Waals surface area contributed by atoms with E-state index in [1.165, 1.54) is 6.33 Å². The SMILES string of the molecule is CCCOc1ccccc1Oc1ncnc(Cl)c1Br. The first-order valence-electron chi connectivity index (χ1n) is 5.78. The second-order valence-corrected chi connectivity index (χ2v) is 4.83. The van der Waals surface area contributed by atoms with E-state index in [0.717, 1.165) is 6.42 Å². The van der Waals surface area contributed by atoms with Crippen LogP contribution < -0.4 is 9.47 Å². The van der Waals surface area contributed by atoms with Gasteiger partial charge >= 0.3 is 0 Å². The predicted octanol–water partition coefficient (Wildman–Crippen LogP) is 4.47. The Morgan fingerprint density at radius 2 is 1.95 bits per heavy atom. The second kappa shape index (κ2) is 6.73. The normalized spacial score (nSPS) is 10.3. The van der Waals surface area contributed by atoms with Gasteiger partial charge in [-0.05, 0) is 34.5 Å². The fourth-order valence-electron chi connectivity index (χ4n) is 1.37. The van der Waals surface area contributed by atoms with Crippen LogP contribution in [-0.2, 0) is 0 Å². The Balaban J connectivity index is 2.25. The van der Waals surface area contributed by atoms with Crippen LogP contribution in [0.5, 0.6) is 17.4 Å². The quantitative estimate of drug-likeness (QED) is 0.751. The molecule has 0 unspecified atom stereocenters. The molecule has 2 rings (SSSR count). The molecule has 0 saturated carbocycles. The summed E-state index contributed by atoms with van der Waals surface area (Å²) in [5.41, 5.74) is 0. The lowest BCUT2D eigenvalue weighted by atomic mass is 10.3. The number of ether oxygens (including phenoxy) is 2. The van der Waals surface area contributed by atoms with E-state index in [4.69, 9.17) is 21.1 Å². The van der Waals surface area contributed by atoms with E-state index in [2.05, 4.69) is 25.9 Å². The third kappa shape index (κ3) is 3.58. The zero-order valence-electron chi connectivity index (χ0n) is 10.3. The third-order valence-electron chi connectivity index (χ3n) is 2.23. The smallest absolute Gasteiger partial charge is 0.238 e. The highest BCUT2D eigenvalue weighted by atomic mass is 79.9. The van der Waals surface area contributed by atoms with Crippen molar-refractivity contribution in [1.82, 2.24) is 9.97 Å². The Kier molecular flexibility index (Phi) is 4.99. The summed E-state index contributed by atoms with van der Waals surface area (Å²) in [6.07, 6.45) is 2.27. The van der Waals surface area contributed by atoms with E-state index in [1.54, 1.807) is 0 Å². The second-order valence-electron chi connectivity index (χ2n) is 3.68. The lowest BCUT2D eigenvalue weighted by molar-refractivity contribution is 0.300. The first-order chi connectivity index (χ1) is 9.22. The molecule has 0 spiro atoms. The molecule has 2 aromatic rings. The van der Waals surface area contributed by atoms with Crippen molar-refractivity contribution >= 4 is 27.5 Å². The minimum atomic E-state index is 0.303. The van der Waals surface area contributed by atoms with Gasteiger partial charge in [0, 0.05) is 0 Å². The number of nitrogens with zero attached hydrogens (tertiary/aromatic N) is 2. The molecule has 0 amide bonds. The molecule has 1 heterocycles. The van der Waals surface area contributed by atoms with E-state index in [9.17, 15) is 0 Å². The van der Waals surface area contributed by atoms with Gasteiger partial charge < -0.3 is 9.47 Å². The molecule has 0 N–H and O–H groups in total. The van der Waals surface area contributed by atoms with Gasteiger partial charge in [-0.2, -0.15) is 0 Å². The molecule has 1 aromatic carbocycles. The van der Waals surface area contributed by atoms with Crippen LogP contribution in [0.4, 0.5) is 0 Å². The zero-order valence-corrected chi connectivity index (χ0v) is 12.6. The first kappa shape index (κ1) is 14.1. The minimum Gasteiger partial charge on any atom is -0.490 e. The molecule has 0 bridgehead atoms. The largest absolute Gasteiger partial charge is 0.490 e. The van der Waals surface area contributed by atoms with E-state index in [-0.39, 0.29) is 0 Å². The Labute approximate surface area is 124 Å². The number of para-hydroxylation sites is 2. The molecular formula is C13H12BrClN2O2. The number of benzene rings is 1. The van der Waals surface area contributed by atoms with Crippen molar-refractivity contribution in [2.24, 2.45) is 0 Å². The van der Waals surface area contributed by atoms with Crippen LogP contribution >= 0.6 is 27.5 Å². The van der Waals surface area contributed by atoms with Crippen LogP contribution in [0.1, 0.15) is 13.3 Å². The molecule has 4 nitrogen and oxygen atoms in total. The van der Waals surface area contributed by atoms with E-state index in [0.29, 0.717) is 33.6 Å². The van der Waals surface area contributed by atoms with Gasteiger partial charge in [0.05, 0.1) is 6.61 Å². The van der Waals surface area contributed by atoms with Crippen molar-refractivity contribution in [2.75, 3.05) is 6.61 Å². The fraction of sp³-hybridized carbons (Fsp3) is 0.231. The highest BCUT2D eigenvalue weighted by Gasteiger charge is 2.12. The standard InChI is InChI=1S/C13H12BrClN2O2/c1-2-7-18-9-5-3-4-6-10(9)19-13-11(14)12(15)16-8-17-13/h3-6,8H,2,7H2,1H3. The highest BCUT2D eigenvalue weighted by Crippen LogP contribution is 2.35. The lowest BCUT2D eigenvalue weighted by Crippen LogP contribution is -1.98. The molecule has 0 fully saturated rings. The number of hydrogen-bond donors (Lipinski definition) is 0. The van der Waals surface area contributed by atoms with Gasteiger partial charge in [-0.25, -0.2) is 9.97 Å². The summed E-state index contributed by atoms with van der Waals surface area (Å²) < 4.78 is 11.8. The molecule has 100 valence electrons. The Morgan fingerprint density at radius 3 is 2.68 bits per heavy atom. The van der Waals surface area contributed by atoms with Crippen molar-refractivity contribution in [2.45, 2.75) is 13.3 Å². The summed E-state index contributed by atoms with van der Waals surface area (Å²) >= 11 is 9.19. The van der Waals surface area contributed by atoms with Gasteiger partial charge in [-0.15, -0.1) is 0 Å². The maximum absolute atomic E-state index is 5.89.